The van der Waals surface area contributed by atoms with Crippen molar-refractivity contribution >= 4 is 6.01 Å². The normalized spacial score (nSPS) is 12.6. The molecule has 6 heteroatoms. The van der Waals surface area contributed by atoms with Gasteiger partial charge in [-0.05, 0) is 26.3 Å². The number of unbranched alkanes of at least 4 members (excludes halogenated alkanes) is 1. The maximum atomic E-state index is 5.52. The van der Waals surface area contributed by atoms with Crippen molar-refractivity contribution in [3.05, 3.63) is 5.89 Å². The Morgan fingerprint density at radius 1 is 1.16 bits per heavy atom. The van der Waals surface area contributed by atoms with Crippen LogP contribution in [-0.2, 0) is 4.74 Å². The first-order valence-electron chi connectivity index (χ1n) is 7.16. The first kappa shape index (κ1) is 15.9. The Hall–Kier alpha value is -1.14. The fourth-order valence-corrected chi connectivity index (χ4v) is 1.51. The van der Waals surface area contributed by atoms with Gasteiger partial charge in [-0.1, -0.05) is 25.4 Å². The van der Waals surface area contributed by atoms with E-state index in [1.54, 1.807) is 0 Å². The van der Waals surface area contributed by atoms with Gasteiger partial charge in [0.25, 0.3) is 0 Å². The van der Waals surface area contributed by atoms with Crippen LogP contribution in [0.15, 0.2) is 4.42 Å². The lowest BCUT2D eigenvalue weighted by atomic mass is 10.3. The zero-order chi connectivity index (χ0) is 13.9. The quantitative estimate of drug-likeness (QED) is 0.601. The van der Waals surface area contributed by atoms with Gasteiger partial charge in [-0.25, -0.2) is 0 Å². The van der Waals surface area contributed by atoms with Crippen molar-refractivity contribution in [3.8, 4) is 0 Å². The predicted octanol–water partition coefficient (Wildman–Crippen LogP) is 2.36. The average Bonchev–Trinajstić information content (AvgIpc) is 2.89. The Morgan fingerprint density at radius 3 is 2.74 bits per heavy atom. The number of hydrogen-bond donors (Lipinski definition) is 2. The predicted molar refractivity (Wildman–Crippen MR) is 75.2 cm³/mol. The van der Waals surface area contributed by atoms with Gasteiger partial charge >= 0.3 is 6.01 Å². The van der Waals surface area contributed by atoms with Crippen LogP contribution >= 0.6 is 0 Å². The molecule has 0 saturated carbocycles. The standard InChI is InChI=1S/C13H26N4O2/c1-4-6-9-18-10-8-15-13-17-16-12(19-13)11(3)14-7-5-2/h11,14H,4-10H2,1-3H3,(H,15,17). The molecule has 1 rings (SSSR count). The minimum atomic E-state index is 0.0869. The lowest BCUT2D eigenvalue weighted by Gasteiger charge is -2.07. The second-order valence-corrected chi connectivity index (χ2v) is 4.51. The second-order valence-electron chi connectivity index (χ2n) is 4.51. The second kappa shape index (κ2) is 9.75. The van der Waals surface area contributed by atoms with Gasteiger partial charge in [0.15, 0.2) is 0 Å². The lowest BCUT2D eigenvalue weighted by molar-refractivity contribution is 0.140. The molecule has 0 aromatic carbocycles. The lowest BCUT2D eigenvalue weighted by Crippen LogP contribution is -2.19. The number of anilines is 1. The topological polar surface area (TPSA) is 72.2 Å². The van der Waals surface area contributed by atoms with Crippen LogP contribution in [0, 0.1) is 0 Å². The van der Waals surface area contributed by atoms with E-state index < -0.39 is 0 Å². The number of aromatic nitrogens is 2. The van der Waals surface area contributed by atoms with Gasteiger partial charge < -0.3 is 19.8 Å². The van der Waals surface area contributed by atoms with Crippen molar-refractivity contribution in [2.75, 3.05) is 31.6 Å². The molecule has 0 saturated heterocycles. The SMILES string of the molecule is CCCCOCCNc1nnc(C(C)NCCC)o1. The largest absolute Gasteiger partial charge is 0.406 e. The molecule has 2 N–H and O–H groups in total. The molecule has 0 spiro atoms. The van der Waals surface area contributed by atoms with Crippen molar-refractivity contribution in [1.29, 1.82) is 0 Å². The van der Waals surface area contributed by atoms with Crippen LogP contribution in [0.25, 0.3) is 0 Å². The van der Waals surface area contributed by atoms with E-state index >= 15 is 0 Å². The molecule has 1 heterocycles. The van der Waals surface area contributed by atoms with Gasteiger partial charge in [-0.2, -0.15) is 0 Å². The van der Waals surface area contributed by atoms with Crippen molar-refractivity contribution < 1.29 is 9.15 Å². The molecule has 1 aromatic heterocycles. The number of ether oxygens (including phenoxy) is 1. The van der Waals surface area contributed by atoms with E-state index in [4.69, 9.17) is 9.15 Å². The van der Waals surface area contributed by atoms with E-state index in [2.05, 4.69) is 34.7 Å². The molecule has 0 aliphatic rings. The maximum Gasteiger partial charge on any atom is 0.315 e. The molecule has 1 aromatic rings. The molecule has 6 nitrogen and oxygen atoms in total. The summed E-state index contributed by atoms with van der Waals surface area (Å²) in [7, 11) is 0. The van der Waals surface area contributed by atoms with E-state index in [9.17, 15) is 0 Å². The van der Waals surface area contributed by atoms with Gasteiger partial charge in [-0.3, -0.25) is 0 Å². The summed E-state index contributed by atoms with van der Waals surface area (Å²) in [6, 6.07) is 0.544. The summed E-state index contributed by atoms with van der Waals surface area (Å²) < 4.78 is 11.0. The zero-order valence-corrected chi connectivity index (χ0v) is 12.2. The molecular weight excluding hydrogens is 244 g/mol. The molecule has 19 heavy (non-hydrogen) atoms. The minimum absolute atomic E-state index is 0.0869. The Balaban J connectivity index is 2.19. The van der Waals surface area contributed by atoms with Gasteiger partial charge in [0.2, 0.25) is 5.89 Å². The van der Waals surface area contributed by atoms with Gasteiger partial charge in [-0.15, -0.1) is 5.10 Å². The molecule has 0 aliphatic carbocycles. The smallest absolute Gasteiger partial charge is 0.315 e. The van der Waals surface area contributed by atoms with Crippen LogP contribution in [0.3, 0.4) is 0 Å². The molecule has 110 valence electrons. The molecule has 1 atom stereocenters. The summed E-state index contributed by atoms with van der Waals surface area (Å²) >= 11 is 0. The van der Waals surface area contributed by atoms with Gasteiger partial charge in [0.1, 0.15) is 0 Å². The van der Waals surface area contributed by atoms with E-state index in [1.807, 2.05) is 6.92 Å². The van der Waals surface area contributed by atoms with E-state index in [0.29, 0.717) is 25.1 Å². The highest BCUT2D eigenvalue weighted by Gasteiger charge is 2.12. The van der Waals surface area contributed by atoms with Gasteiger partial charge in [0.05, 0.1) is 12.6 Å². The Kier molecular flexibility index (Phi) is 8.16. The third-order valence-corrected chi connectivity index (χ3v) is 2.68. The third-order valence-electron chi connectivity index (χ3n) is 2.68. The highest BCUT2D eigenvalue weighted by Crippen LogP contribution is 2.13. The first-order valence-corrected chi connectivity index (χ1v) is 7.16. The molecule has 0 fully saturated rings. The molecule has 0 amide bonds. The van der Waals surface area contributed by atoms with E-state index in [1.165, 1.54) is 0 Å². The monoisotopic (exact) mass is 270 g/mol. The van der Waals surface area contributed by atoms with E-state index in [-0.39, 0.29) is 6.04 Å². The summed E-state index contributed by atoms with van der Waals surface area (Å²) in [5, 5.41) is 14.3. The maximum absolute atomic E-state index is 5.52. The Morgan fingerprint density at radius 2 is 2.00 bits per heavy atom. The number of nitrogens with zero attached hydrogens (tertiary/aromatic N) is 2. The number of rotatable bonds is 11. The van der Waals surface area contributed by atoms with Crippen LogP contribution in [-0.4, -0.2) is 36.5 Å². The highest BCUT2D eigenvalue weighted by molar-refractivity contribution is 5.16. The van der Waals surface area contributed by atoms with Crippen LogP contribution in [0.5, 0.6) is 0 Å². The molecule has 0 aliphatic heterocycles. The number of hydrogen-bond acceptors (Lipinski definition) is 6. The van der Waals surface area contributed by atoms with E-state index in [0.717, 1.165) is 32.4 Å². The van der Waals surface area contributed by atoms with Crippen molar-refractivity contribution in [2.45, 2.75) is 46.1 Å². The Bertz CT molecular complexity index is 330. The summed E-state index contributed by atoms with van der Waals surface area (Å²) in [6.45, 7) is 9.38. The first-order chi connectivity index (χ1) is 9.27. The average molecular weight is 270 g/mol. The summed E-state index contributed by atoms with van der Waals surface area (Å²) in [5.74, 6) is 0.614. The molecular formula is C13H26N4O2. The van der Waals surface area contributed by atoms with Gasteiger partial charge in [0, 0.05) is 13.2 Å². The van der Waals surface area contributed by atoms with Crippen LogP contribution in [0.1, 0.15) is 52.0 Å². The molecule has 1 unspecified atom stereocenters. The van der Waals surface area contributed by atoms with Crippen molar-refractivity contribution in [3.63, 3.8) is 0 Å². The summed E-state index contributed by atoms with van der Waals surface area (Å²) in [6.07, 6.45) is 3.34. The minimum Gasteiger partial charge on any atom is -0.406 e. The van der Waals surface area contributed by atoms with Crippen molar-refractivity contribution in [2.24, 2.45) is 0 Å². The van der Waals surface area contributed by atoms with Crippen LogP contribution < -0.4 is 10.6 Å². The highest BCUT2D eigenvalue weighted by atomic mass is 16.5. The third kappa shape index (κ3) is 6.54. The number of nitrogens with one attached hydrogen (secondary N) is 2. The summed E-state index contributed by atoms with van der Waals surface area (Å²) in [4.78, 5) is 0. The fourth-order valence-electron chi connectivity index (χ4n) is 1.51. The van der Waals surface area contributed by atoms with Crippen LogP contribution in [0.4, 0.5) is 6.01 Å². The van der Waals surface area contributed by atoms with Crippen LogP contribution in [0.2, 0.25) is 0 Å². The molecule has 0 radical (unpaired) electrons. The molecule has 0 bridgehead atoms. The fraction of sp³-hybridized carbons (Fsp3) is 0.846. The Labute approximate surface area is 115 Å². The summed E-state index contributed by atoms with van der Waals surface area (Å²) in [5.41, 5.74) is 0. The zero-order valence-electron chi connectivity index (χ0n) is 12.2. The van der Waals surface area contributed by atoms with Crippen molar-refractivity contribution in [1.82, 2.24) is 15.5 Å².